The first-order valence-corrected chi connectivity index (χ1v) is 12.1. The van der Waals surface area contributed by atoms with Crippen molar-refractivity contribution in [3.8, 4) is 5.75 Å². The van der Waals surface area contributed by atoms with Gasteiger partial charge in [0.15, 0.2) is 6.20 Å². The number of aromatic nitrogens is 1. The van der Waals surface area contributed by atoms with Crippen LogP contribution in [0.1, 0.15) is 45.0 Å². The fraction of sp³-hybridized carbons (Fsp3) is 0.174. The smallest absolute Gasteiger partial charge is 0.573 e. The van der Waals surface area contributed by atoms with E-state index in [0.717, 1.165) is 48.2 Å². The first-order valence-electron chi connectivity index (χ1n) is 10.6. The molecule has 1 N–H and O–H groups in total. The molecule has 2 heterocycles. The molecule has 5 rings (SSSR count). The number of fused-ring (bicyclic) bond motifs is 1. The number of pyridine rings is 1. The molecule has 1 aromatic heterocycles. The van der Waals surface area contributed by atoms with E-state index in [1.165, 1.54) is 24.4 Å². The van der Waals surface area contributed by atoms with E-state index in [1.807, 2.05) is 0 Å². The molecule has 1 aliphatic carbocycles. The lowest BCUT2D eigenvalue weighted by Gasteiger charge is -2.14. The monoisotopic (exact) mass is 519 g/mol. The molecule has 2 aliphatic rings. The van der Waals surface area contributed by atoms with Gasteiger partial charge < -0.3 is 9.94 Å². The number of nitrogens with one attached hydrogen (secondary N) is 1. The third-order valence-electron chi connectivity index (χ3n) is 5.72. The summed E-state index contributed by atoms with van der Waals surface area (Å²) in [5.41, 5.74) is 0.351. The summed E-state index contributed by atoms with van der Waals surface area (Å²) in [5.74, 6) is -2.05. The molecule has 186 valence electrons. The molecule has 2 aromatic carbocycles. The number of rotatable bonds is 6. The number of benzene rings is 2. The van der Waals surface area contributed by atoms with Crippen molar-refractivity contribution < 1.29 is 40.6 Å². The van der Waals surface area contributed by atoms with Crippen molar-refractivity contribution in [2.75, 3.05) is 9.62 Å². The highest BCUT2D eigenvalue weighted by Crippen LogP contribution is 2.46. The van der Waals surface area contributed by atoms with Crippen LogP contribution in [0.2, 0.25) is 0 Å². The second kappa shape index (κ2) is 8.22. The Morgan fingerprint density at radius 2 is 1.67 bits per heavy atom. The number of carbonyl (C=O) groups is 2. The van der Waals surface area contributed by atoms with Crippen molar-refractivity contribution >= 4 is 33.2 Å². The van der Waals surface area contributed by atoms with Gasteiger partial charge >= 0.3 is 6.36 Å². The predicted molar refractivity (Wildman–Crippen MR) is 119 cm³/mol. The highest BCUT2D eigenvalue weighted by Gasteiger charge is 2.44. The van der Waals surface area contributed by atoms with Gasteiger partial charge in [0.25, 0.3) is 21.8 Å². The fourth-order valence-corrected chi connectivity index (χ4v) is 5.11. The Kier molecular flexibility index (Phi) is 5.39. The Bertz CT molecular complexity index is 1500. The van der Waals surface area contributed by atoms with E-state index in [4.69, 9.17) is 0 Å². The zero-order chi connectivity index (χ0) is 25.8. The molecule has 13 heteroatoms. The molecular weight excluding hydrogens is 503 g/mol. The summed E-state index contributed by atoms with van der Waals surface area (Å²) in [6.45, 7) is 0. The Morgan fingerprint density at radius 1 is 1.00 bits per heavy atom. The second-order valence-corrected chi connectivity index (χ2v) is 9.90. The van der Waals surface area contributed by atoms with Gasteiger partial charge in [0.05, 0.1) is 21.7 Å². The fourth-order valence-electron chi connectivity index (χ4n) is 4.04. The Labute approximate surface area is 202 Å². The van der Waals surface area contributed by atoms with Gasteiger partial charge in [-0.3, -0.25) is 14.3 Å². The molecule has 9 nitrogen and oxygen atoms in total. The summed E-state index contributed by atoms with van der Waals surface area (Å²) < 4.78 is 69.6. The van der Waals surface area contributed by atoms with Crippen molar-refractivity contribution in [3.05, 3.63) is 82.8 Å². The number of hydrogen-bond acceptors (Lipinski definition) is 6. The maximum Gasteiger partial charge on any atom is 0.573 e. The largest absolute Gasteiger partial charge is 0.619 e. The molecule has 0 atom stereocenters. The summed E-state index contributed by atoms with van der Waals surface area (Å²) in [4.78, 5) is 27.1. The molecule has 1 fully saturated rings. The van der Waals surface area contributed by atoms with E-state index >= 15 is 0 Å². The van der Waals surface area contributed by atoms with Crippen LogP contribution in [0.3, 0.4) is 0 Å². The van der Waals surface area contributed by atoms with Crippen molar-refractivity contribution in [1.29, 1.82) is 0 Å². The lowest BCUT2D eigenvalue weighted by molar-refractivity contribution is -0.604. The number of amides is 2. The molecule has 2 amide bonds. The van der Waals surface area contributed by atoms with Gasteiger partial charge in [-0.1, -0.05) is 6.07 Å². The summed E-state index contributed by atoms with van der Waals surface area (Å²) >= 11 is 0. The molecule has 36 heavy (non-hydrogen) atoms. The van der Waals surface area contributed by atoms with Crippen LogP contribution in [0.4, 0.5) is 24.5 Å². The normalized spacial score (nSPS) is 15.7. The van der Waals surface area contributed by atoms with Crippen LogP contribution in [0.5, 0.6) is 5.75 Å². The quantitative estimate of drug-likeness (QED) is 0.301. The zero-order valence-corrected chi connectivity index (χ0v) is 19.0. The highest BCUT2D eigenvalue weighted by atomic mass is 32.2. The molecule has 0 spiro atoms. The van der Waals surface area contributed by atoms with Crippen LogP contribution in [0.25, 0.3) is 0 Å². The number of carbonyl (C=O) groups excluding carboxylic acids is 2. The minimum atomic E-state index is -4.94. The molecule has 3 aromatic rings. The van der Waals surface area contributed by atoms with E-state index in [0.29, 0.717) is 10.3 Å². The Hall–Kier alpha value is -4.13. The van der Waals surface area contributed by atoms with Gasteiger partial charge in [0.2, 0.25) is 6.20 Å². The van der Waals surface area contributed by atoms with Crippen molar-refractivity contribution in [2.24, 2.45) is 0 Å². The lowest BCUT2D eigenvalue weighted by Crippen LogP contribution is -2.33. The maximum absolute atomic E-state index is 13.4. The van der Waals surface area contributed by atoms with Crippen LogP contribution in [0, 0.1) is 5.21 Å². The van der Waals surface area contributed by atoms with Crippen LogP contribution >= 0.6 is 0 Å². The third kappa shape index (κ3) is 4.33. The number of anilines is 2. The number of nitrogens with zero attached hydrogens (tertiary/aromatic N) is 2. The molecule has 1 aliphatic heterocycles. The van der Waals surface area contributed by atoms with Crippen LogP contribution in [-0.2, 0) is 10.0 Å². The summed E-state index contributed by atoms with van der Waals surface area (Å²) in [5, 5.41) is 11.7. The van der Waals surface area contributed by atoms with Gasteiger partial charge in [-0.05, 0) is 60.7 Å². The SMILES string of the molecule is O=C1c2c(NS(=O)(=O)c3ccc(OC(F)(F)F)cc3)ccc(C3CC3)c2C(=O)N1c1ccc[n+]([O-])c1. The van der Waals surface area contributed by atoms with E-state index in [-0.39, 0.29) is 33.3 Å². The van der Waals surface area contributed by atoms with E-state index in [9.17, 15) is 36.4 Å². The molecular formula is C23H16F3N3O6S. The average molecular weight is 519 g/mol. The van der Waals surface area contributed by atoms with Crippen LogP contribution in [-0.4, -0.2) is 26.6 Å². The van der Waals surface area contributed by atoms with Gasteiger partial charge in [0.1, 0.15) is 11.4 Å². The zero-order valence-electron chi connectivity index (χ0n) is 18.2. The number of ether oxygens (including phenoxy) is 1. The Balaban J connectivity index is 1.52. The molecule has 0 unspecified atom stereocenters. The number of sulfonamides is 1. The number of halogens is 3. The van der Waals surface area contributed by atoms with E-state index in [1.54, 1.807) is 6.07 Å². The first kappa shape index (κ1) is 23.6. The number of hydrogen-bond donors (Lipinski definition) is 1. The van der Waals surface area contributed by atoms with Gasteiger partial charge in [-0.15, -0.1) is 13.2 Å². The highest BCUT2D eigenvalue weighted by molar-refractivity contribution is 7.92. The van der Waals surface area contributed by atoms with Crippen molar-refractivity contribution in [1.82, 2.24) is 0 Å². The maximum atomic E-state index is 13.4. The van der Waals surface area contributed by atoms with Crippen LogP contribution < -0.4 is 19.1 Å². The molecule has 0 radical (unpaired) electrons. The Morgan fingerprint density at radius 3 is 2.28 bits per heavy atom. The van der Waals surface area contributed by atoms with Crippen LogP contribution in [0.15, 0.2) is 65.8 Å². The number of imide groups is 1. The molecule has 0 saturated heterocycles. The van der Waals surface area contributed by atoms with E-state index < -0.39 is 33.9 Å². The topological polar surface area (TPSA) is 120 Å². The second-order valence-electron chi connectivity index (χ2n) is 8.22. The third-order valence-corrected chi connectivity index (χ3v) is 7.10. The van der Waals surface area contributed by atoms with Gasteiger partial charge in [-0.25, -0.2) is 13.3 Å². The van der Waals surface area contributed by atoms with Crippen molar-refractivity contribution in [2.45, 2.75) is 30.0 Å². The molecule has 1 saturated carbocycles. The predicted octanol–water partition coefficient (Wildman–Crippen LogP) is 3.70. The summed E-state index contributed by atoms with van der Waals surface area (Å²) in [6, 6.07) is 9.22. The minimum Gasteiger partial charge on any atom is -0.619 e. The lowest BCUT2D eigenvalue weighted by atomic mass is 9.98. The molecule has 0 bridgehead atoms. The summed E-state index contributed by atoms with van der Waals surface area (Å²) in [7, 11) is -4.37. The van der Waals surface area contributed by atoms with Gasteiger partial charge in [-0.2, -0.15) is 4.73 Å². The summed E-state index contributed by atoms with van der Waals surface area (Å²) in [6.07, 6.45) is -1.10. The van der Waals surface area contributed by atoms with Crippen molar-refractivity contribution in [3.63, 3.8) is 0 Å². The minimum absolute atomic E-state index is 0.0227. The average Bonchev–Trinajstić information content (AvgIpc) is 3.59. The van der Waals surface area contributed by atoms with Gasteiger partial charge in [0, 0.05) is 6.07 Å². The first-order chi connectivity index (χ1) is 16.9. The standard InChI is InChI=1S/C23H16F3N3O6S/c24-23(25,26)35-15-5-7-16(8-6-15)36(33,34)27-18-10-9-17(13-3-4-13)19-20(18)22(31)29(21(19)30)14-2-1-11-28(32)12-14/h1-2,5-13,27H,3-4H2. The van der Waals surface area contributed by atoms with E-state index in [2.05, 4.69) is 9.46 Å². The number of alkyl halides is 3.